The fourth-order valence-corrected chi connectivity index (χ4v) is 5.58. The second kappa shape index (κ2) is 7.43. The number of hydrogen-bond donors (Lipinski definition) is 2. The number of carbonyl (C=O) groups excluding carboxylic acids is 2. The Kier molecular flexibility index (Phi) is 4.79. The molecule has 2 amide bonds. The molecule has 2 bridgehead atoms. The summed E-state index contributed by atoms with van der Waals surface area (Å²) in [5.41, 5.74) is -1.32. The van der Waals surface area contributed by atoms with Crippen molar-refractivity contribution in [3.8, 4) is 5.75 Å². The number of nitrogens with zero attached hydrogens (tertiary/aromatic N) is 2. The van der Waals surface area contributed by atoms with Gasteiger partial charge in [0.05, 0.1) is 6.04 Å². The van der Waals surface area contributed by atoms with E-state index in [-0.39, 0.29) is 41.4 Å². The molecule has 2 aromatic rings. The summed E-state index contributed by atoms with van der Waals surface area (Å²) in [5, 5.41) is 13.0. The molecule has 1 aromatic carbocycles. The minimum absolute atomic E-state index is 0.0465. The van der Waals surface area contributed by atoms with E-state index in [2.05, 4.69) is 12.2 Å². The van der Waals surface area contributed by atoms with Gasteiger partial charge in [-0.15, -0.1) is 0 Å². The van der Waals surface area contributed by atoms with E-state index in [0.717, 1.165) is 25.3 Å². The van der Waals surface area contributed by atoms with Crippen molar-refractivity contribution in [2.75, 3.05) is 0 Å². The van der Waals surface area contributed by atoms with E-state index in [1.165, 1.54) is 16.8 Å². The van der Waals surface area contributed by atoms with Gasteiger partial charge in [-0.25, -0.2) is 8.78 Å². The molecule has 32 heavy (non-hydrogen) atoms. The van der Waals surface area contributed by atoms with Gasteiger partial charge in [0.1, 0.15) is 17.2 Å². The molecular weight excluding hydrogens is 420 g/mol. The molecule has 1 aromatic heterocycles. The van der Waals surface area contributed by atoms with Crippen LogP contribution in [0.1, 0.15) is 52.6 Å². The Balaban J connectivity index is 1.43. The van der Waals surface area contributed by atoms with Crippen molar-refractivity contribution in [1.29, 1.82) is 0 Å². The maximum Gasteiger partial charge on any atom is 0.275 e. The van der Waals surface area contributed by atoms with Crippen LogP contribution >= 0.6 is 0 Å². The Bertz CT molecular complexity index is 1190. The monoisotopic (exact) mass is 443 g/mol. The van der Waals surface area contributed by atoms with Gasteiger partial charge in [-0.05, 0) is 37.2 Å². The fourth-order valence-electron chi connectivity index (χ4n) is 5.58. The number of aromatic nitrogens is 1. The van der Waals surface area contributed by atoms with E-state index in [4.69, 9.17) is 0 Å². The molecule has 4 atom stereocenters. The van der Waals surface area contributed by atoms with Gasteiger partial charge in [0, 0.05) is 37.0 Å². The topological polar surface area (TPSA) is 91.6 Å². The quantitative estimate of drug-likeness (QED) is 0.762. The number of benzene rings is 1. The summed E-state index contributed by atoms with van der Waals surface area (Å²) in [5.74, 6) is -2.44. The molecule has 2 aliphatic heterocycles. The Morgan fingerprint density at radius 3 is 2.69 bits per heavy atom. The third kappa shape index (κ3) is 3.18. The Labute approximate surface area is 182 Å². The number of nitrogens with one attached hydrogen (secondary N) is 1. The predicted molar refractivity (Wildman–Crippen MR) is 110 cm³/mol. The van der Waals surface area contributed by atoms with Crippen LogP contribution in [0.4, 0.5) is 8.78 Å². The number of hydrogen-bond acceptors (Lipinski definition) is 4. The summed E-state index contributed by atoms with van der Waals surface area (Å²) in [6.07, 6.45) is 4.00. The standard InChI is InChI=1S/C23H23F2N3O4/c1-11-4-15-5-13(11)6-16-9-27-10-17(20(29)21(30)19(27)23(32)28(15)16)22(31)26-8-12-2-3-14(24)7-18(12)25/h2-3,7,10-11,13,15-16,30H,4-6,8-9H2,1H3,(H,26,31)/t11?,13-,15+,16-/m0/s1. The third-order valence-corrected chi connectivity index (χ3v) is 7.18. The highest BCUT2D eigenvalue weighted by Crippen LogP contribution is 2.45. The number of fused-ring (bicyclic) bond motifs is 5. The predicted octanol–water partition coefficient (Wildman–Crippen LogP) is 2.40. The van der Waals surface area contributed by atoms with E-state index in [0.29, 0.717) is 24.4 Å². The first-order valence-corrected chi connectivity index (χ1v) is 10.8. The Morgan fingerprint density at radius 2 is 1.94 bits per heavy atom. The van der Waals surface area contributed by atoms with Crippen LogP contribution in [0.2, 0.25) is 0 Å². The molecule has 2 fully saturated rings. The summed E-state index contributed by atoms with van der Waals surface area (Å²) in [6.45, 7) is 2.32. The summed E-state index contributed by atoms with van der Waals surface area (Å²) < 4.78 is 28.4. The lowest BCUT2D eigenvalue weighted by Gasteiger charge is -2.44. The molecular formula is C23H23F2N3O4. The van der Waals surface area contributed by atoms with Crippen LogP contribution < -0.4 is 10.7 Å². The van der Waals surface area contributed by atoms with Gasteiger partial charge in [0.2, 0.25) is 5.43 Å². The van der Waals surface area contributed by atoms with Crippen molar-refractivity contribution in [2.24, 2.45) is 11.8 Å². The zero-order valence-electron chi connectivity index (χ0n) is 17.5. The van der Waals surface area contributed by atoms with Gasteiger partial charge < -0.3 is 19.9 Å². The Morgan fingerprint density at radius 1 is 1.19 bits per heavy atom. The number of rotatable bonds is 3. The van der Waals surface area contributed by atoms with Gasteiger partial charge in [-0.3, -0.25) is 14.4 Å². The van der Waals surface area contributed by atoms with Crippen molar-refractivity contribution in [1.82, 2.24) is 14.8 Å². The molecule has 1 unspecified atom stereocenters. The van der Waals surface area contributed by atoms with Crippen molar-refractivity contribution < 1.29 is 23.5 Å². The lowest BCUT2D eigenvalue weighted by Crippen LogP contribution is -2.55. The van der Waals surface area contributed by atoms with Gasteiger partial charge in [-0.2, -0.15) is 0 Å². The maximum atomic E-state index is 13.8. The van der Waals surface area contributed by atoms with Crippen LogP contribution in [0.3, 0.4) is 0 Å². The summed E-state index contributed by atoms with van der Waals surface area (Å²) >= 11 is 0. The van der Waals surface area contributed by atoms with Crippen LogP contribution in [0.5, 0.6) is 5.75 Å². The van der Waals surface area contributed by atoms with Crippen LogP contribution in [0, 0.1) is 23.5 Å². The number of pyridine rings is 1. The van der Waals surface area contributed by atoms with Gasteiger partial charge in [-0.1, -0.05) is 13.0 Å². The molecule has 2 N–H and O–H groups in total. The summed E-state index contributed by atoms with van der Waals surface area (Å²) in [4.78, 5) is 40.4. The molecule has 3 heterocycles. The van der Waals surface area contributed by atoms with Crippen LogP contribution in [0.25, 0.3) is 0 Å². The van der Waals surface area contributed by atoms with E-state index in [9.17, 15) is 28.3 Å². The molecule has 1 saturated heterocycles. The number of carbonyl (C=O) groups is 2. The van der Waals surface area contributed by atoms with Crippen molar-refractivity contribution >= 4 is 11.8 Å². The number of halogens is 2. The van der Waals surface area contributed by atoms with Gasteiger partial charge >= 0.3 is 0 Å². The van der Waals surface area contributed by atoms with Gasteiger partial charge in [0.25, 0.3) is 11.8 Å². The van der Waals surface area contributed by atoms with Crippen LogP contribution in [-0.4, -0.2) is 38.5 Å². The molecule has 168 valence electrons. The highest BCUT2D eigenvalue weighted by atomic mass is 19.1. The average molecular weight is 443 g/mol. The first-order chi connectivity index (χ1) is 15.2. The zero-order valence-corrected chi connectivity index (χ0v) is 17.5. The number of piperidine rings is 1. The lowest BCUT2D eigenvalue weighted by molar-refractivity contribution is 0.0336. The molecule has 5 rings (SSSR count). The molecule has 0 radical (unpaired) electrons. The first kappa shape index (κ1) is 20.7. The molecule has 9 heteroatoms. The summed E-state index contributed by atoms with van der Waals surface area (Å²) in [7, 11) is 0. The summed E-state index contributed by atoms with van der Waals surface area (Å²) in [6, 6.07) is 3.04. The van der Waals surface area contributed by atoms with Crippen molar-refractivity contribution in [3.63, 3.8) is 0 Å². The highest BCUT2D eigenvalue weighted by Gasteiger charge is 2.49. The first-order valence-electron chi connectivity index (χ1n) is 10.8. The van der Waals surface area contributed by atoms with Crippen LogP contribution in [0.15, 0.2) is 29.2 Å². The molecule has 1 saturated carbocycles. The number of amides is 2. The van der Waals surface area contributed by atoms with E-state index < -0.39 is 28.7 Å². The van der Waals surface area contributed by atoms with E-state index in [1.54, 1.807) is 0 Å². The lowest BCUT2D eigenvalue weighted by atomic mass is 9.87. The van der Waals surface area contributed by atoms with E-state index >= 15 is 0 Å². The number of aromatic hydroxyl groups is 1. The third-order valence-electron chi connectivity index (χ3n) is 7.18. The zero-order chi connectivity index (χ0) is 22.7. The van der Waals surface area contributed by atoms with E-state index in [1.807, 2.05) is 4.90 Å². The second-order valence-corrected chi connectivity index (χ2v) is 9.10. The normalized spacial score (nSPS) is 26.0. The Hall–Kier alpha value is -3.23. The minimum Gasteiger partial charge on any atom is -0.503 e. The molecule has 3 aliphatic rings. The SMILES string of the molecule is CC1C[C@@H]2C[C@H]1C[C@H]1Cn3cc(C(=O)NCc4ccc(F)cc4F)c(=O)c(O)c3C(=O)N21. The second-order valence-electron chi connectivity index (χ2n) is 9.10. The minimum atomic E-state index is -0.949. The smallest absolute Gasteiger partial charge is 0.275 e. The molecule has 1 aliphatic carbocycles. The van der Waals surface area contributed by atoms with Crippen molar-refractivity contribution in [3.05, 3.63) is 63.1 Å². The maximum absolute atomic E-state index is 13.8. The average Bonchev–Trinajstić information content (AvgIpc) is 3.03. The molecule has 0 spiro atoms. The van der Waals surface area contributed by atoms with Crippen LogP contribution in [-0.2, 0) is 13.1 Å². The van der Waals surface area contributed by atoms with Gasteiger partial charge in [0.15, 0.2) is 11.4 Å². The highest BCUT2D eigenvalue weighted by molar-refractivity contribution is 5.99. The fraction of sp³-hybridized carbons (Fsp3) is 0.435. The molecule has 7 nitrogen and oxygen atoms in total. The van der Waals surface area contributed by atoms with Crippen molar-refractivity contribution in [2.45, 2.75) is 51.4 Å². The largest absolute Gasteiger partial charge is 0.503 e.